The van der Waals surface area contributed by atoms with Crippen LogP contribution < -0.4 is 24.8 Å². The van der Waals surface area contributed by atoms with Crippen LogP contribution >= 0.6 is 11.3 Å². The minimum atomic E-state index is -0.332. The molecule has 0 unspecified atom stereocenters. The van der Waals surface area contributed by atoms with Crippen molar-refractivity contribution >= 4 is 33.8 Å². The van der Waals surface area contributed by atoms with Crippen LogP contribution in [0.15, 0.2) is 47.8 Å². The lowest BCUT2D eigenvalue weighted by atomic mass is 10.2. The molecule has 0 aliphatic heterocycles. The number of nitrogens with one attached hydrogen (secondary N) is 2. The first-order chi connectivity index (χ1) is 13.1. The maximum atomic E-state index is 12.5. The van der Waals surface area contributed by atoms with Crippen LogP contribution in [-0.4, -0.2) is 32.2 Å². The monoisotopic (exact) mass is 385 g/mol. The van der Waals surface area contributed by atoms with Crippen LogP contribution in [0.1, 0.15) is 10.5 Å². The smallest absolute Gasteiger partial charge is 0.275 e. The lowest BCUT2D eigenvalue weighted by Gasteiger charge is -2.14. The van der Waals surface area contributed by atoms with Gasteiger partial charge in [-0.1, -0.05) is 18.2 Å². The van der Waals surface area contributed by atoms with Gasteiger partial charge >= 0.3 is 0 Å². The quantitative estimate of drug-likeness (QED) is 0.635. The van der Waals surface area contributed by atoms with E-state index in [4.69, 9.17) is 14.2 Å². The predicted octanol–water partition coefficient (Wildman–Crippen LogP) is 4.16. The van der Waals surface area contributed by atoms with Gasteiger partial charge in [-0.15, -0.1) is 11.3 Å². The molecule has 3 aromatic rings. The zero-order valence-corrected chi connectivity index (χ0v) is 15.9. The number of para-hydroxylation sites is 1. The van der Waals surface area contributed by atoms with Crippen LogP contribution in [0.3, 0.4) is 0 Å². The minimum Gasteiger partial charge on any atom is -0.493 e. The summed E-state index contributed by atoms with van der Waals surface area (Å²) in [4.78, 5) is 16.9. The maximum absolute atomic E-state index is 12.5. The molecular formula is C19H19N3O4S. The van der Waals surface area contributed by atoms with Crippen molar-refractivity contribution in [1.82, 2.24) is 4.98 Å². The van der Waals surface area contributed by atoms with Gasteiger partial charge in [0.1, 0.15) is 5.69 Å². The Balaban J connectivity index is 1.76. The van der Waals surface area contributed by atoms with Gasteiger partial charge in [0, 0.05) is 28.9 Å². The Hall–Kier alpha value is -3.26. The lowest BCUT2D eigenvalue weighted by molar-refractivity contribution is 0.102. The van der Waals surface area contributed by atoms with Gasteiger partial charge in [0.15, 0.2) is 16.6 Å². The second-order valence-electron chi connectivity index (χ2n) is 5.40. The Labute approximate surface area is 160 Å². The van der Waals surface area contributed by atoms with Gasteiger partial charge in [0.2, 0.25) is 5.75 Å². The second-order valence-corrected chi connectivity index (χ2v) is 6.26. The number of aromatic nitrogens is 1. The van der Waals surface area contributed by atoms with Crippen molar-refractivity contribution in [3.05, 3.63) is 53.5 Å². The Kier molecular flexibility index (Phi) is 5.77. The Bertz CT molecular complexity index is 903. The van der Waals surface area contributed by atoms with E-state index < -0.39 is 0 Å². The first-order valence-corrected chi connectivity index (χ1v) is 8.91. The van der Waals surface area contributed by atoms with Crippen LogP contribution in [0.25, 0.3) is 0 Å². The molecular weight excluding hydrogens is 366 g/mol. The number of amides is 1. The Morgan fingerprint density at radius 1 is 0.963 bits per heavy atom. The molecule has 1 amide bonds. The number of carbonyl (C=O) groups excluding carboxylic acids is 1. The number of rotatable bonds is 7. The molecule has 0 saturated carbocycles. The highest BCUT2D eigenvalue weighted by molar-refractivity contribution is 7.14. The summed E-state index contributed by atoms with van der Waals surface area (Å²) < 4.78 is 15.9. The van der Waals surface area contributed by atoms with Crippen LogP contribution in [0.2, 0.25) is 0 Å². The summed E-state index contributed by atoms with van der Waals surface area (Å²) in [5.74, 6) is 1.04. The minimum absolute atomic E-state index is 0.312. The van der Waals surface area contributed by atoms with E-state index in [1.807, 2.05) is 30.3 Å². The van der Waals surface area contributed by atoms with Crippen LogP contribution in [0.5, 0.6) is 17.2 Å². The first-order valence-electron chi connectivity index (χ1n) is 8.03. The number of anilines is 3. The maximum Gasteiger partial charge on any atom is 0.275 e. The fourth-order valence-electron chi connectivity index (χ4n) is 2.43. The lowest BCUT2D eigenvalue weighted by Crippen LogP contribution is -2.12. The number of benzene rings is 2. The summed E-state index contributed by atoms with van der Waals surface area (Å²) in [6, 6.07) is 13.0. The van der Waals surface area contributed by atoms with E-state index in [9.17, 15) is 4.79 Å². The van der Waals surface area contributed by atoms with Gasteiger partial charge < -0.3 is 24.8 Å². The van der Waals surface area contributed by atoms with Crippen LogP contribution in [0.4, 0.5) is 16.5 Å². The van der Waals surface area contributed by atoms with Gasteiger partial charge in [-0.05, 0) is 12.1 Å². The summed E-state index contributed by atoms with van der Waals surface area (Å²) in [6.45, 7) is 0. The number of hydrogen-bond acceptors (Lipinski definition) is 7. The highest BCUT2D eigenvalue weighted by atomic mass is 32.1. The molecule has 2 aromatic carbocycles. The summed E-state index contributed by atoms with van der Waals surface area (Å²) in [7, 11) is 4.56. The molecule has 2 N–H and O–H groups in total. The molecule has 0 saturated heterocycles. The zero-order chi connectivity index (χ0) is 19.2. The van der Waals surface area contributed by atoms with Gasteiger partial charge in [0.25, 0.3) is 5.91 Å². The van der Waals surface area contributed by atoms with E-state index in [0.717, 1.165) is 5.69 Å². The highest BCUT2D eigenvalue weighted by Gasteiger charge is 2.16. The average Bonchev–Trinajstić information content (AvgIpc) is 3.16. The molecule has 0 fully saturated rings. The van der Waals surface area contributed by atoms with Gasteiger partial charge in [-0.3, -0.25) is 4.79 Å². The number of carbonyl (C=O) groups is 1. The number of thiazole rings is 1. The SMILES string of the molecule is COc1cc(NC(=O)c2csc(Nc3ccccc3)n2)cc(OC)c1OC. The van der Waals surface area contributed by atoms with Gasteiger partial charge in [-0.2, -0.15) is 0 Å². The molecule has 27 heavy (non-hydrogen) atoms. The normalized spacial score (nSPS) is 10.2. The fraction of sp³-hybridized carbons (Fsp3) is 0.158. The largest absolute Gasteiger partial charge is 0.493 e. The molecule has 0 bridgehead atoms. The van der Waals surface area contributed by atoms with Gasteiger partial charge in [-0.25, -0.2) is 4.98 Å². The Morgan fingerprint density at radius 3 is 2.22 bits per heavy atom. The third-order valence-corrected chi connectivity index (χ3v) is 4.44. The Morgan fingerprint density at radius 2 is 1.63 bits per heavy atom. The van der Waals surface area contributed by atoms with Crippen molar-refractivity contribution in [3.63, 3.8) is 0 Å². The van der Waals surface area contributed by atoms with E-state index in [0.29, 0.717) is 33.8 Å². The molecule has 0 atom stereocenters. The average molecular weight is 385 g/mol. The molecule has 1 heterocycles. The number of nitrogens with zero attached hydrogens (tertiary/aromatic N) is 1. The molecule has 8 heteroatoms. The van der Waals surface area contributed by atoms with Crippen molar-refractivity contribution in [3.8, 4) is 17.2 Å². The van der Waals surface area contributed by atoms with E-state index in [2.05, 4.69) is 15.6 Å². The summed E-state index contributed by atoms with van der Waals surface area (Å²) in [5, 5.41) is 8.29. The number of ether oxygens (including phenoxy) is 3. The standard InChI is InChI=1S/C19H19N3O4S/c1-24-15-9-13(10-16(25-2)17(15)26-3)20-18(23)14-11-27-19(22-14)21-12-7-5-4-6-8-12/h4-11H,1-3H3,(H,20,23)(H,21,22). The highest BCUT2D eigenvalue weighted by Crippen LogP contribution is 2.40. The van der Waals surface area contributed by atoms with Crippen molar-refractivity contribution in [1.29, 1.82) is 0 Å². The topological polar surface area (TPSA) is 81.7 Å². The second kappa shape index (κ2) is 8.41. The van der Waals surface area contributed by atoms with Crippen molar-refractivity contribution in [2.75, 3.05) is 32.0 Å². The molecule has 140 valence electrons. The molecule has 0 radical (unpaired) electrons. The molecule has 0 aliphatic carbocycles. The summed E-state index contributed by atoms with van der Waals surface area (Å²) in [6.07, 6.45) is 0. The molecule has 3 rings (SSSR count). The number of hydrogen-bond donors (Lipinski definition) is 2. The molecule has 1 aromatic heterocycles. The third-order valence-electron chi connectivity index (χ3n) is 3.68. The van der Waals surface area contributed by atoms with E-state index in [1.165, 1.54) is 32.7 Å². The predicted molar refractivity (Wildman–Crippen MR) is 106 cm³/mol. The molecule has 7 nitrogen and oxygen atoms in total. The van der Waals surface area contributed by atoms with E-state index >= 15 is 0 Å². The molecule has 0 spiro atoms. The first kappa shape index (κ1) is 18.5. The molecule has 0 aliphatic rings. The van der Waals surface area contributed by atoms with Crippen LogP contribution in [0, 0.1) is 0 Å². The van der Waals surface area contributed by atoms with E-state index in [1.54, 1.807) is 17.5 Å². The summed E-state index contributed by atoms with van der Waals surface area (Å²) >= 11 is 1.35. The van der Waals surface area contributed by atoms with Crippen molar-refractivity contribution in [2.24, 2.45) is 0 Å². The summed E-state index contributed by atoms with van der Waals surface area (Å²) in [5.41, 5.74) is 1.73. The van der Waals surface area contributed by atoms with Crippen LogP contribution in [-0.2, 0) is 0 Å². The fourth-order valence-corrected chi connectivity index (χ4v) is 3.14. The zero-order valence-electron chi connectivity index (χ0n) is 15.1. The number of methoxy groups -OCH3 is 3. The van der Waals surface area contributed by atoms with Crippen molar-refractivity contribution in [2.45, 2.75) is 0 Å². The van der Waals surface area contributed by atoms with Gasteiger partial charge in [0.05, 0.1) is 21.3 Å². The van der Waals surface area contributed by atoms with Crippen molar-refractivity contribution < 1.29 is 19.0 Å². The van der Waals surface area contributed by atoms with E-state index in [-0.39, 0.29) is 5.91 Å². The third kappa shape index (κ3) is 4.29.